The molecule has 0 aliphatic heterocycles. The lowest BCUT2D eigenvalue weighted by molar-refractivity contribution is 0.586. The molecule has 0 radical (unpaired) electrons. The van der Waals surface area contributed by atoms with Gasteiger partial charge in [-0.05, 0) is 13.8 Å². The van der Waals surface area contributed by atoms with Crippen molar-refractivity contribution in [1.29, 1.82) is 5.26 Å². The van der Waals surface area contributed by atoms with E-state index in [-0.39, 0.29) is 5.75 Å². The Kier molecular flexibility index (Phi) is 3.49. The molecular weight excluding hydrogens is 164 g/mol. The van der Waals surface area contributed by atoms with Crippen LogP contribution in [-0.2, 0) is 9.84 Å². The average molecular weight is 176 g/mol. The highest BCUT2D eigenvalue weighted by atomic mass is 32.2. The number of nitrogens with two attached hydrogens (primary N) is 1. The van der Waals surface area contributed by atoms with Crippen LogP contribution in [0, 0.1) is 11.3 Å². The zero-order chi connectivity index (χ0) is 9.07. The minimum Gasteiger partial charge on any atom is -0.327 e. The Balaban J connectivity index is 4.39. The van der Waals surface area contributed by atoms with E-state index in [1.807, 2.05) is 0 Å². The van der Waals surface area contributed by atoms with Crippen molar-refractivity contribution >= 4 is 9.84 Å². The maximum absolute atomic E-state index is 11.1. The summed E-state index contributed by atoms with van der Waals surface area (Å²) in [5.41, 5.74) is 5.28. The van der Waals surface area contributed by atoms with E-state index in [2.05, 4.69) is 0 Å². The fraction of sp³-hybridized carbons (Fsp3) is 0.833. The lowest BCUT2D eigenvalue weighted by Gasteiger charge is -2.07. The van der Waals surface area contributed by atoms with Crippen molar-refractivity contribution in [3.8, 4) is 6.07 Å². The van der Waals surface area contributed by atoms with Gasteiger partial charge in [-0.25, -0.2) is 8.42 Å². The summed E-state index contributed by atoms with van der Waals surface area (Å²) in [5, 5.41) is 7.36. The molecular formula is C6H12N2O2S. The van der Waals surface area contributed by atoms with Gasteiger partial charge in [0.05, 0.1) is 11.8 Å². The van der Waals surface area contributed by atoms with Crippen LogP contribution < -0.4 is 5.73 Å². The van der Waals surface area contributed by atoms with Gasteiger partial charge in [0.15, 0.2) is 9.84 Å². The van der Waals surface area contributed by atoms with Crippen LogP contribution >= 0.6 is 0 Å². The molecule has 2 N–H and O–H groups in total. The standard InChI is InChI=1S/C6H12N2O2S/c1-5(8)4-11(9,10)6(2)3-7/h5-6H,4,8H2,1-2H3. The average Bonchev–Trinajstić information content (AvgIpc) is 1.83. The first-order valence-corrected chi connectivity index (χ1v) is 4.98. The monoisotopic (exact) mass is 176 g/mol. The summed E-state index contributed by atoms with van der Waals surface area (Å²) in [4.78, 5) is 0. The van der Waals surface area contributed by atoms with Crippen molar-refractivity contribution in [3.05, 3.63) is 0 Å². The molecule has 64 valence electrons. The largest absolute Gasteiger partial charge is 0.327 e. The van der Waals surface area contributed by atoms with Crippen LogP contribution in [0.15, 0.2) is 0 Å². The van der Waals surface area contributed by atoms with E-state index in [0.717, 1.165) is 0 Å². The summed E-state index contributed by atoms with van der Waals surface area (Å²) in [6.45, 7) is 2.96. The van der Waals surface area contributed by atoms with Gasteiger partial charge in [0, 0.05) is 6.04 Å². The first-order chi connectivity index (χ1) is 4.90. The third-order valence-corrected chi connectivity index (χ3v) is 3.39. The molecule has 0 aromatic carbocycles. The van der Waals surface area contributed by atoms with Gasteiger partial charge in [-0.3, -0.25) is 0 Å². The zero-order valence-corrected chi connectivity index (χ0v) is 7.43. The Morgan fingerprint density at radius 3 is 2.27 bits per heavy atom. The second kappa shape index (κ2) is 3.69. The topological polar surface area (TPSA) is 84.0 Å². The van der Waals surface area contributed by atoms with E-state index >= 15 is 0 Å². The fourth-order valence-electron chi connectivity index (χ4n) is 0.591. The lowest BCUT2D eigenvalue weighted by atomic mass is 10.4. The summed E-state index contributed by atoms with van der Waals surface area (Å²) in [5.74, 6) is -0.123. The van der Waals surface area contributed by atoms with Gasteiger partial charge in [-0.15, -0.1) is 0 Å². The van der Waals surface area contributed by atoms with E-state index < -0.39 is 21.1 Å². The molecule has 0 saturated heterocycles. The lowest BCUT2D eigenvalue weighted by Crippen LogP contribution is -2.31. The highest BCUT2D eigenvalue weighted by molar-refractivity contribution is 7.92. The van der Waals surface area contributed by atoms with E-state index in [9.17, 15) is 8.42 Å². The normalized spacial score (nSPS) is 16.9. The molecule has 0 aromatic rings. The smallest absolute Gasteiger partial charge is 0.167 e. The third kappa shape index (κ3) is 3.35. The van der Waals surface area contributed by atoms with Gasteiger partial charge in [-0.2, -0.15) is 5.26 Å². The molecule has 0 aliphatic carbocycles. The highest BCUT2D eigenvalue weighted by Crippen LogP contribution is 2.01. The quantitative estimate of drug-likeness (QED) is 0.637. The van der Waals surface area contributed by atoms with Crippen molar-refractivity contribution in [2.24, 2.45) is 5.73 Å². The van der Waals surface area contributed by atoms with Crippen LogP contribution in [-0.4, -0.2) is 25.5 Å². The summed E-state index contributed by atoms with van der Waals surface area (Å²) >= 11 is 0. The SMILES string of the molecule is CC(N)CS(=O)(=O)C(C)C#N. The minimum atomic E-state index is -3.30. The number of rotatable bonds is 3. The molecule has 0 aliphatic rings. The maximum Gasteiger partial charge on any atom is 0.167 e. The Morgan fingerprint density at radius 1 is 1.55 bits per heavy atom. The molecule has 0 aromatic heterocycles. The van der Waals surface area contributed by atoms with Crippen LogP contribution in [0.3, 0.4) is 0 Å². The van der Waals surface area contributed by atoms with Crippen LogP contribution in [0.5, 0.6) is 0 Å². The van der Waals surface area contributed by atoms with Crippen LogP contribution in [0.25, 0.3) is 0 Å². The van der Waals surface area contributed by atoms with Crippen molar-refractivity contribution in [2.45, 2.75) is 25.1 Å². The molecule has 2 atom stereocenters. The van der Waals surface area contributed by atoms with Crippen LogP contribution in [0.2, 0.25) is 0 Å². The van der Waals surface area contributed by atoms with Crippen LogP contribution in [0.1, 0.15) is 13.8 Å². The van der Waals surface area contributed by atoms with Gasteiger partial charge >= 0.3 is 0 Å². The number of sulfone groups is 1. The number of nitrogens with zero attached hydrogens (tertiary/aromatic N) is 1. The molecule has 11 heavy (non-hydrogen) atoms. The number of hydrogen-bond acceptors (Lipinski definition) is 4. The molecule has 0 bridgehead atoms. The van der Waals surface area contributed by atoms with Gasteiger partial charge in [0.25, 0.3) is 0 Å². The Morgan fingerprint density at radius 2 is 2.00 bits per heavy atom. The van der Waals surface area contributed by atoms with E-state index in [1.54, 1.807) is 13.0 Å². The molecule has 2 unspecified atom stereocenters. The van der Waals surface area contributed by atoms with Crippen LogP contribution in [0.4, 0.5) is 0 Å². The molecule has 4 nitrogen and oxygen atoms in total. The number of nitriles is 1. The number of hydrogen-bond donors (Lipinski definition) is 1. The van der Waals surface area contributed by atoms with Crippen molar-refractivity contribution in [1.82, 2.24) is 0 Å². The molecule has 0 amide bonds. The summed E-state index contributed by atoms with van der Waals surface area (Å²) < 4.78 is 22.1. The molecule has 0 rings (SSSR count). The Hall–Kier alpha value is -0.600. The first kappa shape index (κ1) is 10.4. The predicted molar refractivity (Wildman–Crippen MR) is 42.5 cm³/mol. The summed E-state index contributed by atoms with van der Waals surface area (Å²) in [7, 11) is -3.30. The predicted octanol–water partition coefficient (Wildman–Crippen LogP) is -0.340. The van der Waals surface area contributed by atoms with Gasteiger partial charge in [0.1, 0.15) is 5.25 Å². The first-order valence-electron chi connectivity index (χ1n) is 3.27. The maximum atomic E-state index is 11.1. The third-order valence-electron chi connectivity index (χ3n) is 1.22. The highest BCUT2D eigenvalue weighted by Gasteiger charge is 2.21. The van der Waals surface area contributed by atoms with Crippen molar-refractivity contribution in [3.63, 3.8) is 0 Å². The van der Waals surface area contributed by atoms with Gasteiger partial charge < -0.3 is 5.73 Å². The molecule has 5 heteroatoms. The summed E-state index contributed by atoms with van der Waals surface area (Å²) in [6.07, 6.45) is 0. The molecule has 0 heterocycles. The molecule has 0 fully saturated rings. The van der Waals surface area contributed by atoms with Crippen molar-refractivity contribution < 1.29 is 8.42 Å². The molecule has 0 spiro atoms. The Bertz CT molecular complexity index is 250. The van der Waals surface area contributed by atoms with Crippen molar-refractivity contribution in [2.75, 3.05) is 5.75 Å². The van der Waals surface area contributed by atoms with Gasteiger partial charge in [0.2, 0.25) is 0 Å². The Labute approximate surface area is 66.9 Å². The van der Waals surface area contributed by atoms with Gasteiger partial charge in [-0.1, -0.05) is 0 Å². The fourth-order valence-corrected chi connectivity index (χ4v) is 1.77. The minimum absolute atomic E-state index is 0.123. The van der Waals surface area contributed by atoms with E-state index in [4.69, 9.17) is 11.0 Å². The zero-order valence-electron chi connectivity index (χ0n) is 6.61. The summed E-state index contributed by atoms with van der Waals surface area (Å²) in [6, 6.07) is 1.26. The van der Waals surface area contributed by atoms with E-state index in [0.29, 0.717) is 0 Å². The second-order valence-corrected chi connectivity index (χ2v) is 4.94. The molecule has 0 saturated carbocycles. The van der Waals surface area contributed by atoms with E-state index in [1.165, 1.54) is 6.92 Å². The second-order valence-electron chi connectivity index (χ2n) is 2.58.